The van der Waals surface area contributed by atoms with Crippen LogP contribution in [0.4, 0.5) is 17.6 Å². The third-order valence-electron chi connectivity index (χ3n) is 1.75. The minimum absolute atomic E-state index is 0.495. The van der Waals surface area contributed by atoms with Crippen LogP contribution in [0.25, 0.3) is 0 Å². The van der Waals surface area contributed by atoms with E-state index in [1.807, 2.05) is 0 Å². The van der Waals surface area contributed by atoms with E-state index < -0.39 is 42.7 Å². The quantitative estimate of drug-likeness (QED) is 0.506. The topological polar surface area (TPSA) is 55.8 Å². The monoisotopic (exact) mass is 268 g/mol. The molecule has 0 heterocycles. The summed E-state index contributed by atoms with van der Waals surface area (Å²) in [5.74, 6) is -3.11. The van der Waals surface area contributed by atoms with Crippen LogP contribution >= 0.6 is 0 Å². The smallest absolute Gasteiger partial charge is 0.411 e. The zero-order valence-corrected chi connectivity index (χ0v) is 8.83. The molecule has 0 amide bonds. The molecular weight excluding hydrogens is 260 g/mol. The van der Waals surface area contributed by atoms with Gasteiger partial charge in [-0.25, -0.2) is 9.18 Å². The van der Waals surface area contributed by atoms with E-state index >= 15 is 0 Å². The van der Waals surface area contributed by atoms with Crippen molar-refractivity contribution in [1.82, 2.24) is 0 Å². The van der Waals surface area contributed by atoms with E-state index in [1.54, 1.807) is 0 Å². The highest BCUT2D eigenvalue weighted by Gasteiger charge is 2.27. The van der Waals surface area contributed by atoms with Gasteiger partial charge in [0.1, 0.15) is 12.2 Å². The van der Waals surface area contributed by atoms with Gasteiger partial charge in [-0.2, -0.15) is 13.2 Å². The Labute approximate surface area is 98.7 Å². The van der Waals surface area contributed by atoms with Gasteiger partial charge in [0.25, 0.3) is 0 Å². The van der Waals surface area contributed by atoms with Gasteiger partial charge in [0.15, 0.2) is 18.4 Å². The maximum Gasteiger partial charge on any atom is 0.411 e. The first-order chi connectivity index (χ1) is 8.31. The van der Waals surface area contributed by atoms with Gasteiger partial charge >= 0.3 is 12.1 Å². The highest BCUT2D eigenvalue weighted by molar-refractivity contribution is 5.90. The van der Waals surface area contributed by atoms with E-state index in [4.69, 9.17) is 5.11 Å². The van der Waals surface area contributed by atoms with Crippen LogP contribution in [0.3, 0.4) is 0 Å². The van der Waals surface area contributed by atoms with Gasteiger partial charge in [0.05, 0.1) is 0 Å². The van der Waals surface area contributed by atoms with Crippen molar-refractivity contribution in [2.24, 2.45) is 0 Å². The lowest BCUT2D eigenvalue weighted by Gasteiger charge is -2.11. The van der Waals surface area contributed by atoms with Gasteiger partial charge in [-0.1, -0.05) is 6.07 Å². The lowest BCUT2D eigenvalue weighted by molar-refractivity contribution is -0.187. The number of hydrogen-bond donors (Lipinski definition) is 1. The largest absolute Gasteiger partial charge is 0.478 e. The number of para-hydroxylation sites is 1. The Morgan fingerprint density at radius 3 is 2.56 bits per heavy atom. The summed E-state index contributed by atoms with van der Waals surface area (Å²) in [7, 11) is 0. The normalized spacial score (nSPS) is 11.3. The molecule has 0 radical (unpaired) electrons. The van der Waals surface area contributed by atoms with Crippen LogP contribution < -0.4 is 4.74 Å². The van der Waals surface area contributed by atoms with E-state index in [9.17, 15) is 22.4 Å². The molecule has 0 fully saturated rings. The highest BCUT2D eigenvalue weighted by atomic mass is 19.4. The highest BCUT2D eigenvalue weighted by Crippen LogP contribution is 2.23. The maximum absolute atomic E-state index is 13.2. The molecule has 1 rings (SSSR count). The summed E-state index contributed by atoms with van der Waals surface area (Å²) < 4.78 is 57.0. The van der Waals surface area contributed by atoms with Gasteiger partial charge in [0, 0.05) is 0 Å². The predicted molar refractivity (Wildman–Crippen MR) is 50.9 cm³/mol. The van der Waals surface area contributed by atoms with Crippen LogP contribution in [0.2, 0.25) is 0 Å². The first kappa shape index (κ1) is 14.2. The summed E-state index contributed by atoms with van der Waals surface area (Å²) in [5.41, 5.74) is -0.495. The van der Waals surface area contributed by atoms with Crippen molar-refractivity contribution in [2.75, 3.05) is 13.4 Å². The Morgan fingerprint density at radius 1 is 1.33 bits per heavy atom. The van der Waals surface area contributed by atoms with Crippen LogP contribution in [0.1, 0.15) is 10.4 Å². The number of carbonyl (C=O) groups is 1. The summed E-state index contributed by atoms with van der Waals surface area (Å²) in [4.78, 5) is 10.7. The Morgan fingerprint density at radius 2 is 2.00 bits per heavy atom. The molecule has 1 N–H and O–H groups in total. The first-order valence-electron chi connectivity index (χ1n) is 4.60. The van der Waals surface area contributed by atoms with Crippen LogP contribution in [0, 0.1) is 5.82 Å². The molecule has 0 bridgehead atoms. The van der Waals surface area contributed by atoms with Crippen LogP contribution in [0.5, 0.6) is 5.75 Å². The van der Waals surface area contributed by atoms with E-state index in [1.165, 1.54) is 0 Å². The fraction of sp³-hybridized carbons (Fsp3) is 0.300. The Hall–Kier alpha value is -1.83. The van der Waals surface area contributed by atoms with Gasteiger partial charge in [-0.05, 0) is 12.1 Å². The van der Waals surface area contributed by atoms with Crippen molar-refractivity contribution >= 4 is 5.97 Å². The Kier molecular flexibility index (Phi) is 4.49. The number of ether oxygens (including phenoxy) is 2. The molecule has 0 spiro atoms. The van der Waals surface area contributed by atoms with Crippen LogP contribution in [0.15, 0.2) is 18.2 Å². The number of carboxylic acids is 1. The molecule has 0 atom stereocenters. The average Bonchev–Trinajstić information content (AvgIpc) is 2.24. The number of benzene rings is 1. The Bertz CT molecular complexity index is 430. The van der Waals surface area contributed by atoms with Crippen molar-refractivity contribution in [3.63, 3.8) is 0 Å². The molecule has 18 heavy (non-hydrogen) atoms. The zero-order chi connectivity index (χ0) is 13.8. The molecule has 0 aliphatic rings. The molecule has 0 unspecified atom stereocenters. The zero-order valence-electron chi connectivity index (χ0n) is 8.83. The number of alkyl halides is 3. The first-order valence-corrected chi connectivity index (χ1v) is 4.60. The number of aromatic carboxylic acids is 1. The van der Waals surface area contributed by atoms with Gasteiger partial charge < -0.3 is 14.6 Å². The lowest BCUT2D eigenvalue weighted by Crippen LogP contribution is -2.19. The van der Waals surface area contributed by atoms with Crippen molar-refractivity contribution in [3.8, 4) is 5.75 Å². The van der Waals surface area contributed by atoms with E-state index in [-0.39, 0.29) is 0 Å². The van der Waals surface area contributed by atoms with Gasteiger partial charge in [0.2, 0.25) is 0 Å². The maximum atomic E-state index is 13.2. The van der Waals surface area contributed by atoms with Gasteiger partial charge in [-0.15, -0.1) is 0 Å². The van der Waals surface area contributed by atoms with Crippen molar-refractivity contribution in [1.29, 1.82) is 0 Å². The SMILES string of the molecule is O=C(O)c1cccc(F)c1OCOCC(F)(F)F. The molecule has 0 aliphatic heterocycles. The van der Waals surface area contributed by atoms with E-state index in [2.05, 4.69) is 9.47 Å². The third kappa shape index (κ3) is 4.21. The summed E-state index contributed by atoms with van der Waals surface area (Å²) in [6.45, 7) is -2.47. The molecule has 0 saturated heterocycles. The summed E-state index contributed by atoms with van der Waals surface area (Å²) in [5, 5.41) is 8.71. The summed E-state index contributed by atoms with van der Waals surface area (Å²) >= 11 is 0. The summed E-state index contributed by atoms with van der Waals surface area (Å²) in [6, 6.07) is 3.12. The fourth-order valence-corrected chi connectivity index (χ4v) is 1.08. The minimum atomic E-state index is -4.53. The second kappa shape index (κ2) is 5.67. The van der Waals surface area contributed by atoms with Gasteiger partial charge in [-0.3, -0.25) is 0 Å². The second-order valence-corrected chi connectivity index (χ2v) is 3.15. The molecule has 1 aromatic carbocycles. The second-order valence-electron chi connectivity index (χ2n) is 3.15. The van der Waals surface area contributed by atoms with Crippen molar-refractivity contribution in [3.05, 3.63) is 29.6 Å². The van der Waals surface area contributed by atoms with Crippen LogP contribution in [-0.2, 0) is 4.74 Å². The molecular formula is C10H8F4O4. The molecule has 0 aromatic heterocycles. The number of carboxylic acid groups (broad SMARTS) is 1. The third-order valence-corrected chi connectivity index (χ3v) is 1.75. The predicted octanol–water partition coefficient (Wildman–Crippen LogP) is 2.44. The average molecular weight is 268 g/mol. The molecule has 100 valence electrons. The minimum Gasteiger partial charge on any atom is -0.478 e. The van der Waals surface area contributed by atoms with E-state index in [0.29, 0.717) is 0 Å². The molecule has 0 aliphatic carbocycles. The van der Waals surface area contributed by atoms with Crippen molar-refractivity contribution < 1.29 is 36.9 Å². The number of hydrogen-bond acceptors (Lipinski definition) is 3. The standard InChI is InChI=1S/C10H8F4O4/c11-7-3-1-2-6(9(15)16)8(7)18-5-17-4-10(12,13)14/h1-3H,4-5H2,(H,15,16). The lowest BCUT2D eigenvalue weighted by atomic mass is 10.2. The fourth-order valence-electron chi connectivity index (χ4n) is 1.08. The molecule has 0 saturated carbocycles. The number of rotatable bonds is 5. The van der Waals surface area contributed by atoms with Crippen molar-refractivity contribution in [2.45, 2.75) is 6.18 Å². The Balaban J connectivity index is 2.64. The molecule has 8 heteroatoms. The van der Waals surface area contributed by atoms with Crippen LogP contribution in [-0.4, -0.2) is 30.7 Å². The molecule has 1 aromatic rings. The molecule has 4 nitrogen and oxygen atoms in total. The number of halogens is 4. The van der Waals surface area contributed by atoms with E-state index in [0.717, 1.165) is 18.2 Å². The summed E-state index contributed by atoms with van der Waals surface area (Å²) in [6.07, 6.45) is -4.53.